The Kier molecular flexibility index (Phi) is 7.86. The van der Waals surface area contributed by atoms with E-state index < -0.39 is 0 Å². The summed E-state index contributed by atoms with van der Waals surface area (Å²) < 4.78 is 19.6. The summed E-state index contributed by atoms with van der Waals surface area (Å²) in [6.07, 6.45) is 3.29. The number of aromatic nitrogens is 2. The number of aryl methyl sites for hydroxylation is 1. The largest absolute Gasteiger partial charge is 0.490 e. The van der Waals surface area contributed by atoms with E-state index in [4.69, 9.17) is 19.2 Å². The van der Waals surface area contributed by atoms with Crippen molar-refractivity contribution < 1.29 is 19.0 Å². The predicted octanol–water partition coefficient (Wildman–Crippen LogP) is 4.45. The summed E-state index contributed by atoms with van der Waals surface area (Å²) in [5.41, 5.74) is 3.17. The van der Waals surface area contributed by atoms with Crippen molar-refractivity contribution in [1.82, 2.24) is 14.9 Å². The van der Waals surface area contributed by atoms with Gasteiger partial charge in [0, 0.05) is 18.7 Å². The fourth-order valence-electron chi connectivity index (χ4n) is 4.29. The van der Waals surface area contributed by atoms with Gasteiger partial charge in [-0.2, -0.15) is 0 Å². The number of amides is 1. The van der Waals surface area contributed by atoms with Crippen LogP contribution in [0, 0.1) is 19.8 Å². The van der Waals surface area contributed by atoms with Crippen molar-refractivity contribution in [3.05, 3.63) is 35.2 Å². The Labute approximate surface area is 200 Å². The highest BCUT2D eigenvalue weighted by Gasteiger charge is 2.23. The number of imidazole rings is 1. The fraction of sp³-hybridized carbons (Fsp3) is 0.600. The minimum Gasteiger partial charge on any atom is -0.490 e. The van der Waals surface area contributed by atoms with Gasteiger partial charge in [0.2, 0.25) is 5.91 Å². The highest BCUT2D eigenvalue weighted by molar-refractivity contribution is 7.99. The summed E-state index contributed by atoms with van der Waals surface area (Å²) in [6.45, 7) is 11.3. The van der Waals surface area contributed by atoms with Gasteiger partial charge in [0.25, 0.3) is 0 Å². The molecule has 4 rings (SSSR count). The lowest BCUT2D eigenvalue weighted by atomic mass is 9.95. The molecule has 2 aliphatic rings. The second kappa shape index (κ2) is 10.8. The van der Waals surface area contributed by atoms with Crippen molar-refractivity contribution in [3.8, 4) is 11.5 Å². The maximum atomic E-state index is 12.9. The zero-order valence-corrected chi connectivity index (χ0v) is 20.9. The lowest BCUT2D eigenvalue weighted by Crippen LogP contribution is -2.33. The predicted molar refractivity (Wildman–Crippen MR) is 129 cm³/mol. The number of hydrogen-bond donors (Lipinski definition) is 1. The van der Waals surface area contributed by atoms with Gasteiger partial charge in [0.05, 0.1) is 43.4 Å². The van der Waals surface area contributed by atoms with Crippen LogP contribution in [0.1, 0.15) is 56.1 Å². The van der Waals surface area contributed by atoms with Gasteiger partial charge in [0.1, 0.15) is 0 Å². The van der Waals surface area contributed by atoms with Crippen LogP contribution in [-0.4, -0.2) is 47.1 Å². The van der Waals surface area contributed by atoms with E-state index in [1.807, 2.05) is 25.1 Å². The van der Waals surface area contributed by atoms with E-state index in [1.165, 1.54) is 11.8 Å². The lowest BCUT2D eigenvalue weighted by molar-refractivity contribution is -0.119. The van der Waals surface area contributed by atoms with Crippen LogP contribution in [0.5, 0.6) is 11.5 Å². The molecule has 0 radical (unpaired) electrons. The number of benzene rings is 1. The van der Waals surface area contributed by atoms with Crippen LogP contribution in [0.2, 0.25) is 0 Å². The molecule has 0 bridgehead atoms. The van der Waals surface area contributed by atoms with E-state index in [1.54, 1.807) is 0 Å². The van der Waals surface area contributed by atoms with Crippen LogP contribution in [0.4, 0.5) is 0 Å². The van der Waals surface area contributed by atoms with E-state index in [2.05, 4.69) is 30.7 Å². The van der Waals surface area contributed by atoms with Crippen molar-refractivity contribution in [2.24, 2.45) is 5.92 Å². The van der Waals surface area contributed by atoms with Gasteiger partial charge in [-0.1, -0.05) is 31.7 Å². The first kappa shape index (κ1) is 24.0. The van der Waals surface area contributed by atoms with Crippen LogP contribution in [0.15, 0.2) is 23.4 Å². The molecule has 0 aliphatic carbocycles. The zero-order valence-electron chi connectivity index (χ0n) is 20.1. The summed E-state index contributed by atoms with van der Waals surface area (Å²) in [5.74, 6) is 2.06. The number of fused-ring (bicyclic) bond motifs is 1. The van der Waals surface area contributed by atoms with E-state index in [-0.39, 0.29) is 24.0 Å². The van der Waals surface area contributed by atoms with Gasteiger partial charge in [0.15, 0.2) is 16.7 Å². The van der Waals surface area contributed by atoms with Gasteiger partial charge in [-0.25, -0.2) is 4.98 Å². The van der Waals surface area contributed by atoms with Crippen molar-refractivity contribution in [2.75, 3.05) is 25.6 Å². The monoisotopic (exact) mass is 473 g/mol. The number of ether oxygens (including phenoxy) is 3. The van der Waals surface area contributed by atoms with E-state index in [0.717, 1.165) is 66.0 Å². The first-order valence-electron chi connectivity index (χ1n) is 11.9. The molecule has 1 amide bonds. The number of carbonyl (C=O) groups excluding carboxylic acids is 1. The van der Waals surface area contributed by atoms with Crippen LogP contribution in [0.3, 0.4) is 0 Å². The molecular formula is C25H35N3O4S. The molecule has 2 atom stereocenters. The molecule has 3 heterocycles. The topological polar surface area (TPSA) is 74.6 Å². The molecule has 2 aliphatic heterocycles. The van der Waals surface area contributed by atoms with Gasteiger partial charge in [-0.3, -0.25) is 4.79 Å². The number of hydrogen-bond acceptors (Lipinski definition) is 6. The van der Waals surface area contributed by atoms with Crippen molar-refractivity contribution in [2.45, 2.75) is 70.8 Å². The maximum absolute atomic E-state index is 12.9. The molecule has 8 heteroatoms. The molecule has 1 aromatic heterocycles. The summed E-state index contributed by atoms with van der Waals surface area (Å²) in [5, 5.41) is 4.10. The summed E-state index contributed by atoms with van der Waals surface area (Å²) in [6, 6.07) is 5.86. The molecule has 0 spiro atoms. The van der Waals surface area contributed by atoms with Gasteiger partial charge in [-0.15, -0.1) is 0 Å². The number of rotatable bonds is 8. The molecule has 2 aromatic rings. The summed E-state index contributed by atoms with van der Waals surface area (Å²) in [7, 11) is 0. The van der Waals surface area contributed by atoms with E-state index in [0.29, 0.717) is 19.0 Å². The highest BCUT2D eigenvalue weighted by Crippen LogP contribution is 2.34. The molecule has 1 fully saturated rings. The Bertz CT molecular complexity index is 969. The van der Waals surface area contributed by atoms with Crippen LogP contribution >= 0.6 is 11.8 Å². The molecule has 0 unspecified atom stereocenters. The number of nitrogens with one attached hydrogen (secondary N) is 1. The van der Waals surface area contributed by atoms with Crippen molar-refractivity contribution >= 4 is 17.7 Å². The van der Waals surface area contributed by atoms with Crippen molar-refractivity contribution in [3.63, 3.8) is 0 Å². The van der Waals surface area contributed by atoms with Crippen LogP contribution in [0.25, 0.3) is 0 Å². The number of nitrogens with zero attached hydrogens (tertiary/aromatic N) is 2. The second-order valence-electron chi connectivity index (χ2n) is 9.15. The van der Waals surface area contributed by atoms with E-state index in [9.17, 15) is 4.79 Å². The Hall–Kier alpha value is -2.19. The Morgan fingerprint density at radius 3 is 2.70 bits per heavy atom. The summed E-state index contributed by atoms with van der Waals surface area (Å²) >= 11 is 1.49. The number of carbonyl (C=O) groups is 1. The molecule has 1 aromatic carbocycles. The van der Waals surface area contributed by atoms with Crippen LogP contribution in [-0.2, 0) is 16.1 Å². The standard InChI is InChI=1S/C25H35N3O4S/c1-16(2)24(19-8-9-21-22(13-19)32-12-6-11-31-21)27-23(29)15-33-25-26-17(3)18(4)28(25)14-20-7-5-10-30-20/h8-9,13,16,20,24H,5-7,10-12,14-15H2,1-4H3,(H,27,29)/t20-,24-/m1/s1. The third-order valence-corrected chi connectivity index (χ3v) is 7.26. The Morgan fingerprint density at radius 2 is 1.97 bits per heavy atom. The first-order valence-corrected chi connectivity index (χ1v) is 12.9. The molecule has 7 nitrogen and oxygen atoms in total. The zero-order chi connectivity index (χ0) is 23.4. The van der Waals surface area contributed by atoms with Gasteiger partial charge in [-0.05, 0) is 50.3 Å². The van der Waals surface area contributed by atoms with Crippen LogP contribution < -0.4 is 14.8 Å². The molecule has 1 N–H and O–H groups in total. The Balaban J connectivity index is 1.41. The highest BCUT2D eigenvalue weighted by atomic mass is 32.2. The molecular weight excluding hydrogens is 438 g/mol. The second-order valence-corrected chi connectivity index (χ2v) is 10.1. The molecule has 0 saturated carbocycles. The molecule has 1 saturated heterocycles. The maximum Gasteiger partial charge on any atom is 0.230 e. The van der Waals surface area contributed by atoms with E-state index >= 15 is 0 Å². The molecule has 33 heavy (non-hydrogen) atoms. The third-order valence-electron chi connectivity index (χ3n) is 6.28. The summed E-state index contributed by atoms with van der Waals surface area (Å²) in [4.78, 5) is 17.7. The average molecular weight is 474 g/mol. The van der Waals surface area contributed by atoms with Gasteiger partial charge >= 0.3 is 0 Å². The number of thioether (sulfide) groups is 1. The lowest BCUT2D eigenvalue weighted by Gasteiger charge is -2.24. The SMILES string of the molecule is Cc1nc(SCC(=O)N[C@@H](c2ccc3c(c2)OCCCO3)C(C)C)n(C[C@H]2CCCO2)c1C. The first-order chi connectivity index (χ1) is 15.9. The Morgan fingerprint density at radius 1 is 1.18 bits per heavy atom. The fourth-order valence-corrected chi connectivity index (χ4v) is 5.21. The smallest absolute Gasteiger partial charge is 0.230 e. The van der Waals surface area contributed by atoms with Crippen molar-refractivity contribution in [1.29, 1.82) is 0 Å². The minimum absolute atomic E-state index is 0.00668. The van der Waals surface area contributed by atoms with Gasteiger partial charge < -0.3 is 24.1 Å². The quantitative estimate of drug-likeness (QED) is 0.571. The molecule has 180 valence electrons. The normalized spacial score (nSPS) is 18.9. The minimum atomic E-state index is -0.106. The average Bonchev–Trinajstić information content (AvgIpc) is 3.31. The third kappa shape index (κ3) is 5.84.